The van der Waals surface area contributed by atoms with Gasteiger partial charge in [-0.2, -0.15) is 0 Å². The predicted molar refractivity (Wildman–Crippen MR) is 92.9 cm³/mol. The summed E-state index contributed by atoms with van der Waals surface area (Å²) in [6, 6.07) is 11.7. The second-order valence-electron chi connectivity index (χ2n) is 5.00. The number of halogens is 2. The van der Waals surface area contributed by atoms with Gasteiger partial charge in [-0.3, -0.25) is 0 Å². The monoisotopic (exact) mass is 412 g/mol. The molecule has 0 aliphatic heterocycles. The van der Waals surface area contributed by atoms with E-state index in [4.69, 9.17) is 4.74 Å². The lowest BCUT2D eigenvalue weighted by molar-refractivity contribution is 0.220. The molecule has 1 unspecified atom stereocenters. The van der Waals surface area contributed by atoms with E-state index >= 15 is 0 Å². The molecule has 0 saturated carbocycles. The second-order valence-corrected chi connectivity index (χ2v) is 6.77. The van der Waals surface area contributed by atoms with Gasteiger partial charge in [0.2, 0.25) is 0 Å². The van der Waals surface area contributed by atoms with Crippen molar-refractivity contribution in [2.24, 2.45) is 0 Å². The Bertz CT molecular complexity index is 606. The first kappa shape index (κ1) is 16.5. The Morgan fingerprint density at radius 1 is 1.10 bits per heavy atom. The van der Waals surface area contributed by atoms with E-state index in [2.05, 4.69) is 38.8 Å². The second kappa shape index (κ2) is 7.43. The molecule has 0 aliphatic carbocycles. The maximum atomic E-state index is 10.5. The minimum Gasteiger partial charge on any atom is -0.492 e. The van der Waals surface area contributed by atoms with Gasteiger partial charge < -0.3 is 9.84 Å². The standard InChI is InChI=1S/C17H18Br2O2/c1-3-6-21-16-5-4-12(10-15(16)19)17(20)13-7-11(2)8-14(18)9-13/h4-5,7-10,17,20H,3,6H2,1-2H3. The Morgan fingerprint density at radius 3 is 2.48 bits per heavy atom. The van der Waals surface area contributed by atoms with Gasteiger partial charge in [-0.25, -0.2) is 0 Å². The molecule has 0 spiro atoms. The van der Waals surface area contributed by atoms with Gasteiger partial charge in [0.1, 0.15) is 11.9 Å². The molecule has 112 valence electrons. The number of ether oxygens (including phenoxy) is 1. The van der Waals surface area contributed by atoms with Gasteiger partial charge in [-0.15, -0.1) is 0 Å². The van der Waals surface area contributed by atoms with E-state index in [1.54, 1.807) is 0 Å². The highest BCUT2D eigenvalue weighted by molar-refractivity contribution is 9.10. The van der Waals surface area contributed by atoms with Crippen molar-refractivity contribution in [1.82, 2.24) is 0 Å². The number of rotatable bonds is 5. The molecule has 4 heteroatoms. The van der Waals surface area contributed by atoms with E-state index in [1.807, 2.05) is 43.3 Å². The fourth-order valence-corrected chi connectivity index (χ4v) is 3.27. The fraction of sp³-hybridized carbons (Fsp3) is 0.294. The van der Waals surface area contributed by atoms with E-state index < -0.39 is 6.10 Å². The normalized spacial score (nSPS) is 12.2. The first-order valence-corrected chi connectivity index (χ1v) is 8.47. The van der Waals surface area contributed by atoms with Crippen LogP contribution in [-0.2, 0) is 0 Å². The summed E-state index contributed by atoms with van der Waals surface area (Å²) in [6.07, 6.45) is 0.312. The van der Waals surface area contributed by atoms with Crippen LogP contribution in [0.5, 0.6) is 5.75 Å². The Hall–Kier alpha value is -0.840. The van der Waals surface area contributed by atoms with Crippen LogP contribution in [0, 0.1) is 6.92 Å². The molecule has 0 aromatic heterocycles. The van der Waals surface area contributed by atoms with Gasteiger partial charge in [-0.1, -0.05) is 35.0 Å². The zero-order valence-corrected chi connectivity index (χ0v) is 15.2. The molecule has 0 aliphatic rings. The minimum absolute atomic E-state index is 0.655. The van der Waals surface area contributed by atoms with Crippen LogP contribution in [0.2, 0.25) is 0 Å². The molecular formula is C17H18Br2O2. The molecule has 2 aromatic carbocycles. The van der Waals surface area contributed by atoms with Crippen LogP contribution in [0.1, 0.15) is 36.1 Å². The molecule has 0 radical (unpaired) electrons. The highest BCUT2D eigenvalue weighted by Gasteiger charge is 2.13. The molecule has 1 N–H and O–H groups in total. The number of hydrogen-bond donors (Lipinski definition) is 1. The van der Waals surface area contributed by atoms with Crippen molar-refractivity contribution in [2.75, 3.05) is 6.61 Å². The van der Waals surface area contributed by atoms with Crippen molar-refractivity contribution in [3.63, 3.8) is 0 Å². The molecule has 2 aromatic rings. The number of aliphatic hydroxyl groups is 1. The molecule has 21 heavy (non-hydrogen) atoms. The lowest BCUT2D eigenvalue weighted by atomic mass is 10.00. The van der Waals surface area contributed by atoms with Crippen LogP contribution >= 0.6 is 31.9 Å². The van der Waals surface area contributed by atoms with Crippen LogP contribution in [-0.4, -0.2) is 11.7 Å². The van der Waals surface area contributed by atoms with Crippen molar-refractivity contribution < 1.29 is 9.84 Å². The zero-order valence-electron chi connectivity index (χ0n) is 12.1. The van der Waals surface area contributed by atoms with Crippen molar-refractivity contribution in [2.45, 2.75) is 26.4 Å². The first-order chi connectivity index (χ1) is 10.0. The third-order valence-electron chi connectivity index (χ3n) is 3.11. The van der Waals surface area contributed by atoms with Crippen molar-refractivity contribution in [3.05, 3.63) is 62.0 Å². The predicted octanol–water partition coefficient (Wildman–Crippen LogP) is 5.39. The molecular weight excluding hydrogens is 396 g/mol. The first-order valence-electron chi connectivity index (χ1n) is 6.88. The lowest BCUT2D eigenvalue weighted by Gasteiger charge is -2.15. The molecule has 2 rings (SSSR count). The third kappa shape index (κ3) is 4.31. The summed E-state index contributed by atoms with van der Waals surface area (Å²) in [5.74, 6) is 0.804. The Balaban J connectivity index is 2.26. The third-order valence-corrected chi connectivity index (χ3v) is 4.19. The van der Waals surface area contributed by atoms with Crippen LogP contribution in [0.3, 0.4) is 0 Å². The van der Waals surface area contributed by atoms with Crippen molar-refractivity contribution in [1.29, 1.82) is 0 Å². The summed E-state index contributed by atoms with van der Waals surface area (Å²) in [7, 11) is 0. The van der Waals surface area contributed by atoms with Gasteiger partial charge in [-0.05, 0) is 70.2 Å². The molecule has 2 nitrogen and oxygen atoms in total. The molecule has 0 heterocycles. The van der Waals surface area contributed by atoms with E-state index in [9.17, 15) is 5.11 Å². The largest absolute Gasteiger partial charge is 0.492 e. The number of hydrogen-bond acceptors (Lipinski definition) is 2. The summed E-state index contributed by atoms with van der Waals surface area (Å²) >= 11 is 6.97. The Labute approximate surface area is 142 Å². The molecule has 0 fully saturated rings. The van der Waals surface area contributed by atoms with Gasteiger partial charge in [0.25, 0.3) is 0 Å². The minimum atomic E-state index is -0.655. The number of aryl methyl sites for hydroxylation is 1. The smallest absolute Gasteiger partial charge is 0.133 e. The van der Waals surface area contributed by atoms with Crippen molar-refractivity contribution >= 4 is 31.9 Å². The molecule has 0 bridgehead atoms. The van der Waals surface area contributed by atoms with Gasteiger partial charge in [0, 0.05) is 4.47 Å². The average molecular weight is 414 g/mol. The number of benzene rings is 2. The maximum absolute atomic E-state index is 10.5. The van der Waals surface area contributed by atoms with E-state index in [0.29, 0.717) is 6.61 Å². The van der Waals surface area contributed by atoms with Crippen LogP contribution in [0.25, 0.3) is 0 Å². The van der Waals surface area contributed by atoms with Crippen molar-refractivity contribution in [3.8, 4) is 5.75 Å². The van der Waals surface area contributed by atoms with Crippen LogP contribution in [0.15, 0.2) is 45.3 Å². The highest BCUT2D eigenvalue weighted by Crippen LogP contribution is 2.32. The summed E-state index contributed by atoms with van der Waals surface area (Å²) < 4.78 is 7.46. The average Bonchev–Trinajstić information content (AvgIpc) is 2.44. The van der Waals surface area contributed by atoms with Crippen LogP contribution in [0.4, 0.5) is 0 Å². The quantitative estimate of drug-likeness (QED) is 0.711. The highest BCUT2D eigenvalue weighted by atomic mass is 79.9. The van der Waals surface area contributed by atoms with E-state index in [1.165, 1.54) is 0 Å². The number of aliphatic hydroxyl groups excluding tert-OH is 1. The Morgan fingerprint density at radius 2 is 1.86 bits per heavy atom. The molecule has 0 amide bonds. The topological polar surface area (TPSA) is 29.5 Å². The van der Waals surface area contributed by atoms with E-state index in [-0.39, 0.29) is 0 Å². The van der Waals surface area contributed by atoms with Crippen LogP contribution < -0.4 is 4.74 Å². The van der Waals surface area contributed by atoms with Gasteiger partial charge in [0.05, 0.1) is 11.1 Å². The Kier molecular flexibility index (Phi) is 5.85. The summed E-state index contributed by atoms with van der Waals surface area (Å²) in [5.41, 5.74) is 2.82. The molecule has 0 saturated heterocycles. The summed E-state index contributed by atoms with van der Waals surface area (Å²) in [5, 5.41) is 10.5. The van der Waals surface area contributed by atoms with Gasteiger partial charge >= 0.3 is 0 Å². The lowest BCUT2D eigenvalue weighted by Crippen LogP contribution is -2.02. The summed E-state index contributed by atoms with van der Waals surface area (Å²) in [6.45, 7) is 4.77. The maximum Gasteiger partial charge on any atom is 0.133 e. The zero-order chi connectivity index (χ0) is 15.4. The summed E-state index contributed by atoms with van der Waals surface area (Å²) in [4.78, 5) is 0. The van der Waals surface area contributed by atoms with Gasteiger partial charge in [0.15, 0.2) is 0 Å². The van der Waals surface area contributed by atoms with E-state index in [0.717, 1.165) is 37.8 Å². The molecule has 1 atom stereocenters. The fourth-order valence-electron chi connectivity index (χ4n) is 2.13. The SMILES string of the molecule is CCCOc1ccc(C(O)c2cc(C)cc(Br)c2)cc1Br.